The van der Waals surface area contributed by atoms with Crippen molar-refractivity contribution in [2.24, 2.45) is 0 Å². The van der Waals surface area contributed by atoms with Crippen LogP contribution in [0, 0.1) is 0 Å². The normalized spacial score (nSPS) is 13.3. The Kier molecular flexibility index (Phi) is 9.98. The van der Waals surface area contributed by atoms with Gasteiger partial charge in [0.2, 0.25) is 0 Å². The molecule has 0 aliphatic carbocycles. The van der Waals surface area contributed by atoms with Crippen LogP contribution in [-0.4, -0.2) is 10.3 Å². The van der Waals surface area contributed by atoms with Gasteiger partial charge in [-0.25, -0.2) is 0 Å². The molecule has 1 nitrogen and oxygen atoms in total. The van der Waals surface area contributed by atoms with E-state index in [1.165, 1.54) is 44.2 Å². The number of hydrogen-bond acceptors (Lipinski definition) is 1. The molecule has 228 valence electrons. The maximum Gasteiger partial charge on any atom is 0.0393 e. The molecule has 0 amide bonds. The van der Waals surface area contributed by atoms with Gasteiger partial charge in [-0.3, -0.25) is 0 Å². The highest BCUT2D eigenvalue weighted by atomic mass is 31.1. The number of nitrogens with two attached hydrogens (primary N) is 1. The molecule has 0 saturated carbocycles. The summed E-state index contributed by atoms with van der Waals surface area (Å²) in [7, 11) is -0.612. The third kappa shape index (κ3) is 7.10. The van der Waals surface area contributed by atoms with Crippen LogP contribution in [0.2, 0.25) is 0 Å². The largest absolute Gasteiger partial charge is 0.398 e. The number of anilines is 1. The fraction of sp³-hybridized carbons (Fsp3) is 0.415. The Morgan fingerprint density at radius 1 is 0.605 bits per heavy atom. The SMILES string of the molecule is CC(C)c1cc(C(C)C)c(-c2ccccc2P(C(C)(C)C)C(C)(C)Cc2ccccc2-c2ccccc2N)c(C(C)C)c1. The van der Waals surface area contributed by atoms with E-state index in [1.807, 2.05) is 12.1 Å². The average Bonchev–Trinajstić information content (AvgIpc) is 2.92. The Labute approximate surface area is 264 Å². The number of rotatable bonds is 9. The van der Waals surface area contributed by atoms with E-state index in [9.17, 15) is 0 Å². The lowest BCUT2D eigenvalue weighted by Crippen LogP contribution is -2.36. The first-order chi connectivity index (χ1) is 20.1. The summed E-state index contributed by atoms with van der Waals surface area (Å²) in [6, 6.07) is 31.5. The molecule has 1 atom stereocenters. The topological polar surface area (TPSA) is 26.0 Å². The van der Waals surface area contributed by atoms with Crippen LogP contribution in [0.4, 0.5) is 5.69 Å². The fourth-order valence-corrected chi connectivity index (χ4v) is 11.1. The number of para-hydroxylation sites is 1. The van der Waals surface area contributed by atoms with Crippen LogP contribution in [0.15, 0.2) is 84.9 Å². The van der Waals surface area contributed by atoms with E-state index in [0.29, 0.717) is 17.8 Å². The van der Waals surface area contributed by atoms with Crippen LogP contribution in [-0.2, 0) is 6.42 Å². The van der Waals surface area contributed by atoms with Crippen molar-refractivity contribution < 1.29 is 0 Å². The molecule has 2 heteroatoms. The molecule has 0 aliphatic rings. The highest BCUT2D eigenvalue weighted by molar-refractivity contribution is 7.68. The average molecular weight is 592 g/mol. The first-order valence-corrected chi connectivity index (χ1v) is 17.5. The van der Waals surface area contributed by atoms with Gasteiger partial charge in [-0.15, -0.1) is 0 Å². The standard InChI is InChI=1S/C41H54NP/c1-27(2)31-24-35(28(3)4)39(36(25-31)29(5)6)34-21-15-17-23-38(34)43(40(7,8)9)41(10,11)26-30-18-12-13-19-32(30)33-20-14-16-22-37(33)42/h12-25,27-29H,26,42H2,1-11H3. The van der Waals surface area contributed by atoms with Crippen molar-refractivity contribution >= 4 is 18.9 Å². The summed E-state index contributed by atoms with van der Waals surface area (Å²) in [5.74, 6) is 1.39. The van der Waals surface area contributed by atoms with Gasteiger partial charge >= 0.3 is 0 Å². The van der Waals surface area contributed by atoms with Gasteiger partial charge in [0, 0.05) is 11.3 Å². The molecule has 0 aromatic heterocycles. The van der Waals surface area contributed by atoms with Gasteiger partial charge < -0.3 is 5.73 Å². The molecule has 2 N–H and O–H groups in total. The van der Waals surface area contributed by atoms with Crippen LogP contribution in [0.1, 0.15) is 116 Å². The molecule has 1 unspecified atom stereocenters. The van der Waals surface area contributed by atoms with E-state index in [4.69, 9.17) is 5.73 Å². The fourth-order valence-electron chi connectivity index (χ4n) is 6.97. The Bertz CT molecular complexity index is 1520. The lowest BCUT2D eigenvalue weighted by molar-refractivity contribution is 0.660. The van der Waals surface area contributed by atoms with Crippen LogP contribution >= 0.6 is 7.92 Å². The van der Waals surface area contributed by atoms with E-state index < -0.39 is 7.92 Å². The van der Waals surface area contributed by atoms with E-state index in [1.54, 1.807) is 0 Å². The highest BCUT2D eigenvalue weighted by Gasteiger charge is 2.41. The van der Waals surface area contributed by atoms with Crippen LogP contribution in [0.5, 0.6) is 0 Å². The van der Waals surface area contributed by atoms with Crippen molar-refractivity contribution in [3.05, 3.63) is 107 Å². The van der Waals surface area contributed by atoms with Gasteiger partial charge in [-0.05, 0) is 84.8 Å². The number of nitrogen functional groups attached to an aromatic ring is 1. The van der Waals surface area contributed by atoms with Gasteiger partial charge in [-0.2, -0.15) is 0 Å². The molecule has 0 bridgehead atoms. The first kappa shape index (κ1) is 33.0. The van der Waals surface area contributed by atoms with Gasteiger partial charge in [0.25, 0.3) is 0 Å². The second kappa shape index (κ2) is 13.0. The van der Waals surface area contributed by atoms with Crippen molar-refractivity contribution in [2.75, 3.05) is 5.73 Å². The van der Waals surface area contributed by atoms with Crippen molar-refractivity contribution in [3.8, 4) is 22.3 Å². The Morgan fingerprint density at radius 2 is 1.09 bits per heavy atom. The lowest BCUT2D eigenvalue weighted by atomic mass is 9.82. The molecule has 4 rings (SSSR count). The molecule has 0 spiro atoms. The molecular formula is C41H54NP. The summed E-state index contributed by atoms with van der Waals surface area (Å²) >= 11 is 0. The zero-order valence-electron chi connectivity index (χ0n) is 28.5. The lowest BCUT2D eigenvalue weighted by Gasteiger charge is -2.45. The summed E-state index contributed by atoms with van der Waals surface area (Å²) < 4.78 is 0. The van der Waals surface area contributed by atoms with Crippen molar-refractivity contribution in [3.63, 3.8) is 0 Å². The Hall–Kier alpha value is -2.89. The monoisotopic (exact) mass is 591 g/mol. The zero-order valence-corrected chi connectivity index (χ0v) is 29.4. The number of benzene rings is 4. The van der Waals surface area contributed by atoms with E-state index in [0.717, 1.165) is 17.7 Å². The van der Waals surface area contributed by atoms with Crippen LogP contribution in [0.3, 0.4) is 0 Å². The highest BCUT2D eigenvalue weighted by Crippen LogP contribution is 2.61. The summed E-state index contributed by atoms with van der Waals surface area (Å²) in [6.07, 6.45) is 0.981. The summed E-state index contributed by atoms with van der Waals surface area (Å²) in [6.45, 7) is 26.4. The molecule has 4 aromatic carbocycles. The predicted molar refractivity (Wildman–Crippen MR) is 195 cm³/mol. The maximum absolute atomic E-state index is 6.50. The summed E-state index contributed by atoms with van der Waals surface area (Å²) in [5.41, 5.74) is 18.4. The number of hydrogen-bond donors (Lipinski definition) is 1. The van der Waals surface area contributed by atoms with E-state index in [2.05, 4.69) is 149 Å². The van der Waals surface area contributed by atoms with E-state index in [-0.39, 0.29) is 10.3 Å². The van der Waals surface area contributed by atoms with Crippen molar-refractivity contribution in [1.82, 2.24) is 0 Å². The van der Waals surface area contributed by atoms with Crippen LogP contribution < -0.4 is 11.0 Å². The first-order valence-electron chi connectivity index (χ1n) is 16.1. The van der Waals surface area contributed by atoms with Crippen LogP contribution in [0.25, 0.3) is 22.3 Å². The van der Waals surface area contributed by atoms with Gasteiger partial charge in [0.15, 0.2) is 0 Å². The quantitative estimate of drug-likeness (QED) is 0.152. The summed E-state index contributed by atoms with van der Waals surface area (Å²) in [4.78, 5) is 0. The second-order valence-electron chi connectivity index (χ2n) is 14.8. The van der Waals surface area contributed by atoms with Gasteiger partial charge in [0.05, 0.1) is 0 Å². The van der Waals surface area contributed by atoms with E-state index >= 15 is 0 Å². The smallest absolute Gasteiger partial charge is 0.0393 e. The summed E-state index contributed by atoms with van der Waals surface area (Å²) in [5, 5.41) is 1.65. The molecule has 4 aromatic rings. The molecule has 0 saturated heterocycles. The second-order valence-corrected chi connectivity index (χ2v) is 18.5. The molecule has 0 radical (unpaired) electrons. The molecule has 0 fully saturated rings. The Balaban J connectivity index is 1.94. The van der Waals surface area contributed by atoms with Crippen molar-refractivity contribution in [2.45, 2.75) is 111 Å². The minimum atomic E-state index is -0.612. The minimum absolute atomic E-state index is 0.0250. The van der Waals surface area contributed by atoms with Gasteiger partial charge in [-0.1, -0.05) is 163 Å². The molecule has 43 heavy (non-hydrogen) atoms. The van der Waals surface area contributed by atoms with Crippen molar-refractivity contribution in [1.29, 1.82) is 0 Å². The predicted octanol–water partition coefficient (Wildman–Crippen LogP) is 11.9. The minimum Gasteiger partial charge on any atom is -0.398 e. The third-order valence-electron chi connectivity index (χ3n) is 8.71. The molecular weight excluding hydrogens is 537 g/mol. The molecule has 0 aliphatic heterocycles. The van der Waals surface area contributed by atoms with Gasteiger partial charge in [0.1, 0.15) is 0 Å². The third-order valence-corrected chi connectivity index (χ3v) is 12.3. The zero-order chi connectivity index (χ0) is 31.7. The molecule has 0 heterocycles. The Morgan fingerprint density at radius 3 is 1.60 bits per heavy atom. The maximum atomic E-state index is 6.50.